The zero-order valence-corrected chi connectivity index (χ0v) is 12.1. The van der Waals surface area contributed by atoms with Crippen LogP contribution in [0.4, 0.5) is 0 Å². The molecule has 2 rings (SSSR count). The number of nitrogens with zero attached hydrogens (tertiary/aromatic N) is 3. The minimum Gasteiger partial charge on any atom is -0.235 e. The van der Waals surface area contributed by atoms with Crippen molar-refractivity contribution in [2.75, 3.05) is 0 Å². The van der Waals surface area contributed by atoms with Crippen molar-refractivity contribution in [3.05, 3.63) is 39.2 Å². The van der Waals surface area contributed by atoms with E-state index in [0.717, 1.165) is 28.7 Å². The smallest absolute Gasteiger partial charge is 0.172 e. The Kier molecular flexibility index (Phi) is 3.84. The van der Waals surface area contributed by atoms with Crippen LogP contribution in [0.3, 0.4) is 0 Å². The lowest BCUT2D eigenvalue weighted by Crippen LogP contribution is -2.04. The molecule has 2 aromatic rings. The Labute approximate surface area is 114 Å². The molecule has 3 nitrogen and oxygen atoms in total. The van der Waals surface area contributed by atoms with Gasteiger partial charge in [-0.15, -0.1) is 0 Å². The van der Waals surface area contributed by atoms with Crippen LogP contribution in [0, 0.1) is 0 Å². The van der Waals surface area contributed by atoms with E-state index in [9.17, 15) is 0 Å². The summed E-state index contributed by atoms with van der Waals surface area (Å²) in [6, 6.07) is 3.93. The summed E-state index contributed by atoms with van der Waals surface area (Å²) >= 11 is 9.54. The first-order valence-electron chi connectivity index (χ1n) is 5.55. The minimum absolute atomic E-state index is 0.597. The number of pyridine rings is 1. The molecule has 0 aromatic carbocycles. The van der Waals surface area contributed by atoms with Crippen LogP contribution in [0.5, 0.6) is 0 Å². The van der Waals surface area contributed by atoms with Crippen LogP contribution in [0.2, 0.25) is 5.02 Å². The van der Waals surface area contributed by atoms with Crippen molar-refractivity contribution >= 4 is 27.5 Å². The standard InChI is InChI=1S/C12H13BrClN3/c1-3-9-6-10(4-2)17(16-9)12-11(14)5-8(13)7-15-12/h5-7H,3-4H2,1-2H3. The van der Waals surface area contributed by atoms with Gasteiger partial charge in [-0.2, -0.15) is 5.10 Å². The van der Waals surface area contributed by atoms with Gasteiger partial charge in [0.05, 0.1) is 10.7 Å². The summed E-state index contributed by atoms with van der Waals surface area (Å²) < 4.78 is 2.69. The number of rotatable bonds is 3. The molecule has 90 valence electrons. The van der Waals surface area contributed by atoms with Gasteiger partial charge in [-0.1, -0.05) is 25.4 Å². The maximum absolute atomic E-state index is 6.19. The van der Waals surface area contributed by atoms with Gasteiger partial charge in [0, 0.05) is 16.4 Å². The summed E-state index contributed by atoms with van der Waals surface area (Å²) in [6.07, 6.45) is 3.54. The van der Waals surface area contributed by atoms with Gasteiger partial charge in [0.15, 0.2) is 5.82 Å². The van der Waals surface area contributed by atoms with Gasteiger partial charge in [0.25, 0.3) is 0 Å². The van der Waals surface area contributed by atoms with E-state index >= 15 is 0 Å². The van der Waals surface area contributed by atoms with Crippen molar-refractivity contribution in [2.24, 2.45) is 0 Å². The van der Waals surface area contributed by atoms with Gasteiger partial charge in [0.1, 0.15) is 0 Å². The number of hydrogen-bond donors (Lipinski definition) is 0. The second-order valence-corrected chi connectivity index (χ2v) is 5.03. The van der Waals surface area contributed by atoms with E-state index in [1.54, 1.807) is 6.20 Å². The van der Waals surface area contributed by atoms with E-state index in [0.29, 0.717) is 10.8 Å². The van der Waals surface area contributed by atoms with Crippen molar-refractivity contribution in [3.63, 3.8) is 0 Å². The van der Waals surface area contributed by atoms with Crippen LogP contribution < -0.4 is 0 Å². The van der Waals surface area contributed by atoms with Crippen LogP contribution in [0.15, 0.2) is 22.8 Å². The van der Waals surface area contributed by atoms with Gasteiger partial charge in [-0.3, -0.25) is 0 Å². The van der Waals surface area contributed by atoms with Crippen LogP contribution in [-0.4, -0.2) is 14.8 Å². The van der Waals surface area contributed by atoms with Crippen molar-refractivity contribution in [2.45, 2.75) is 26.7 Å². The number of aryl methyl sites for hydroxylation is 2. The van der Waals surface area contributed by atoms with E-state index in [1.165, 1.54) is 0 Å². The van der Waals surface area contributed by atoms with Crippen molar-refractivity contribution in [1.29, 1.82) is 0 Å². The average Bonchev–Trinajstić information content (AvgIpc) is 2.72. The second-order valence-electron chi connectivity index (χ2n) is 3.70. The van der Waals surface area contributed by atoms with Gasteiger partial charge >= 0.3 is 0 Å². The fourth-order valence-electron chi connectivity index (χ4n) is 1.65. The highest BCUT2D eigenvalue weighted by atomic mass is 79.9. The minimum atomic E-state index is 0.597. The molecule has 0 aliphatic heterocycles. The molecule has 0 radical (unpaired) electrons. The molecule has 0 aliphatic rings. The van der Waals surface area contributed by atoms with E-state index in [1.807, 2.05) is 10.7 Å². The normalized spacial score (nSPS) is 10.8. The summed E-state index contributed by atoms with van der Waals surface area (Å²) in [4.78, 5) is 4.33. The molecular formula is C12H13BrClN3. The summed E-state index contributed by atoms with van der Waals surface area (Å²) in [6.45, 7) is 4.18. The summed E-state index contributed by atoms with van der Waals surface area (Å²) in [5.74, 6) is 0.686. The fourth-order valence-corrected chi connectivity index (χ4v) is 2.36. The van der Waals surface area contributed by atoms with E-state index in [4.69, 9.17) is 11.6 Å². The SMILES string of the molecule is CCc1cc(CC)n(-c2ncc(Br)cc2Cl)n1. The highest BCUT2D eigenvalue weighted by molar-refractivity contribution is 9.10. The Morgan fingerprint density at radius 1 is 1.29 bits per heavy atom. The highest BCUT2D eigenvalue weighted by Crippen LogP contribution is 2.23. The lowest BCUT2D eigenvalue weighted by Gasteiger charge is -2.06. The van der Waals surface area contributed by atoms with Crippen molar-refractivity contribution in [1.82, 2.24) is 14.8 Å². The Morgan fingerprint density at radius 3 is 2.65 bits per heavy atom. The molecular weight excluding hydrogens is 302 g/mol. The van der Waals surface area contributed by atoms with E-state index < -0.39 is 0 Å². The zero-order chi connectivity index (χ0) is 12.4. The first-order chi connectivity index (χ1) is 8.15. The predicted octanol–water partition coefficient (Wildman–Crippen LogP) is 3.81. The Balaban J connectivity index is 2.55. The third kappa shape index (κ3) is 2.53. The zero-order valence-electron chi connectivity index (χ0n) is 9.74. The second kappa shape index (κ2) is 5.19. The lowest BCUT2D eigenvalue weighted by atomic mass is 10.2. The van der Waals surface area contributed by atoms with Crippen molar-refractivity contribution < 1.29 is 0 Å². The Hall–Kier alpha value is -0.870. The average molecular weight is 315 g/mol. The summed E-state index contributed by atoms with van der Waals surface area (Å²) in [7, 11) is 0. The van der Waals surface area contributed by atoms with Crippen LogP contribution in [-0.2, 0) is 12.8 Å². The van der Waals surface area contributed by atoms with E-state index in [2.05, 4.69) is 45.9 Å². The maximum atomic E-state index is 6.19. The number of hydrogen-bond acceptors (Lipinski definition) is 2. The molecule has 2 aromatic heterocycles. The molecule has 0 amide bonds. The predicted molar refractivity (Wildman–Crippen MR) is 72.8 cm³/mol. The first-order valence-corrected chi connectivity index (χ1v) is 6.72. The molecule has 2 heterocycles. The third-order valence-corrected chi connectivity index (χ3v) is 3.26. The third-order valence-electron chi connectivity index (χ3n) is 2.55. The molecule has 17 heavy (non-hydrogen) atoms. The van der Waals surface area contributed by atoms with Crippen LogP contribution in [0.25, 0.3) is 5.82 Å². The molecule has 0 atom stereocenters. The van der Waals surface area contributed by atoms with E-state index in [-0.39, 0.29) is 0 Å². The Morgan fingerprint density at radius 2 is 2.06 bits per heavy atom. The Bertz CT molecular complexity index is 537. The molecule has 0 fully saturated rings. The molecule has 0 N–H and O–H groups in total. The summed E-state index contributed by atoms with van der Waals surface area (Å²) in [5.41, 5.74) is 2.18. The van der Waals surface area contributed by atoms with Gasteiger partial charge in [-0.05, 0) is 40.9 Å². The van der Waals surface area contributed by atoms with Gasteiger partial charge < -0.3 is 0 Å². The molecule has 0 unspecified atom stereocenters. The van der Waals surface area contributed by atoms with Crippen LogP contribution >= 0.6 is 27.5 Å². The monoisotopic (exact) mass is 313 g/mol. The molecule has 0 spiro atoms. The quantitative estimate of drug-likeness (QED) is 0.862. The number of aromatic nitrogens is 3. The fraction of sp³-hybridized carbons (Fsp3) is 0.333. The van der Waals surface area contributed by atoms with Gasteiger partial charge in [0.2, 0.25) is 0 Å². The van der Waals surface area contributed by atoms with Crippen LogP contribution in [0.1, 0.15) is 25.2 Å². The molecule has 0 saturated carbocycles. The lowest BCUT2D eigenvalue weighted by molar-refractivity contribution is 0.772. The largest absolute Gasteiger partial charge is 0.235 e. The topological polar surface area (TPSA) is 30.7 Å². The molecule has 0 bridgehead atoms. The number of halogens is 2. The molecule has 5 heteroatoms. The van der Waals surface area contributed by atoms with Gasteiger partial charge in [-0.25, -0.2) is 9.67 Å². The first kappa shape index (κ1) is 12.6. The van der Waals surface area contributed by atoms with Crippen molar-refractivity contribution in [3.8, 4) is 5.82 Å². The molecule has 0 saturated heterocycles. The maximum Gasteiger partial charge on any atom is 0.172 e. The highest BCUT2D eigenvalue weighted by Gasteiger charge is 2.11. The molecule has 0 aliphatic carbocycles. The summed E-state index contributed by atoms with van der Waals surface area (Å²) in [5, 5.41) is 5.11.